The zero-order valence-corrected chi connectivity index (χ0v) is 19.0. The Bertz CT molecular complexity index is 634. The van der Waals surface area contributed by atoms with Crippen LogP contribution >= 0.6 is 0 Å². The molecule has 1 nitrogen and oxygen atoms in total. The molecule has 2 heteroatoms. The predicted molar refractivity (Wildman–Crippen MR) is 118 cm³/mol. The Morgan fingerprint density at radius 2 is 1.96 bits per heavy atom. The lowest BCUT2D eigenvalue weighted by molar-refractivity contribution is 0.109. The largest absolute Gasteiger partial charge is 0.303 e. The first-order chi connectivity index (χ1) is 12.2. The number of hydrogen-bond acceptors (Lipinski definition) is 1. The molecular weight excluding hydrogens is 330 g/mol. The minimum atomic E-state index is -1.33. The average Bonchev–Trinajstić information content (AvgIpc) is 2.60. The smallest absolute Gasteiger partial charge is 0.129 e. The van der Waals surface area contributed by atoms with E-state index in [1.807, 2.05) is 0 Å². The van der Waals surface area contributed by atoms with Gasteiger partial charge in [0.25, 0.3) is 0 Å². The van der Waals surface area contributed by atoms with Crippen LogP contribution in [0.3, 0.4) is 0 Å². The molecule has 26 heavy (non-hydrogen) atoms. The standard InChI is InChI=1S/C24H39NSi/c1-7-8-9-10-16-25-17-15-24(3,21(2)20-25)23-13-11-12-22(19-23)14-18-26(4,5)6/h11-13,19,21H,7-10,15-17,20H2,1-6H3. The van der Waals surface area contributed by atoms with Crippen molar-refractivity contribution in [1.29, 1.82) is 0 Å². The third kappa shape index (κ3) is 6.00. The van der Waals surface area contributed by atoms with Crippen molar-refractivity contribution in [3.8, 4) is 11.5 Å². The lowest BCUT2D eigenvalue weighted by Crippen LogP contribution is -2.47. The van der Waals surface area contributed by atoms with Gasteiger partial charge in [-0.15, -0.1) is 5.54 Å². The number of nitrogens with zero attached hydrogens (tertiary/aromatic N) is 1. The molecule has 1 heterocycles. The fraction of sp³-hybridized carbons (Fsp3) is 0.667. The van der Waals surface area contributed by atoms with Crippen molar-refractivity contribution in [3.05, 3.63) is 35.4 Å². The Morgan fingerprint density at radius 1 is 1.19 bits per heavy atom. The summed E-state index contributed by atoms with van der Waals surface area (Å²) < 4.78 is 0. The Balaban J connectivity index is 2.05. The maximum atomic E-state index is 3.51. The maximum absolute atomic E-state index is 3.51. The van der Waals surface area contributed by atoms with Gasteiger partial charge in [0, 0.05) is 12.1 Å². The number of piperidine rings is 1. The molecule has 0 N–H and O–H groups in total. The maximum Gasteiger partial charge on any atom is 0.129 e. The first kappa shape index (κ1) is 21.3. The fourth-order valence-corrected chi connectivity index (χ4v) is 4.44. The van der Waals surface area contributed by atoms with Crippen LogP contribution in [0.15, 0.2) is 24.3 Å². The van der Waals surface area contributed by atoms with Gasteiger partial charge in [-0.3, -0.25) is 0 Å². The van der Waals surface area contributed by atoms with Crippen molar-refractivity contribution in [2.45, 2.75) is 77.9 Å². The fourth-order valence-electron chi connectivity index (χ4n) is 3.92. The molecule has 2 unspecified atom stereocenters. The summed E-state index contributed by atoms with van der Waals surface area (Å²) in [4.78, 5) is 2.69. The van der Waals surface area contributed by atoms with Gasteiger partial charge in [-0.2, -0.15) is 0 Å². The van der Waals surface area contributed by atoms with Crippen LogP contribution in [0.5, 0.6) is 0 Å². The molecule has 0 spiro atoms. The molecule has 0 aromatic heterocycles. The van der Waals surface area contributed by atoms with Gasteiger partial charge >= 0.3 is 0 Å². The summed E-state index contributed by atoms with van der Waals surface area (Å²) in [6, 6.07) is 9.07. The SMILES string of the molecule is CCCCCCN1CCC(C)(c2cccc(C#C[Si](C)(C)C)c2)C(C)C1. The van der Waals surface area contributed by atoms with E-state index in [2.05, 4.69) is 81.0 Å². The number of rotatable bonds is 6. The molecule has 0 amide bonds. The highest BCUT2D eigenvalue weighted by Gasteiger charge is 2.37. The molecule has 2 atom stereocenters. The summed E-state index contributed by atoms with van der Waals surface area (Å²) in [6.45, 7) is 17.9. The van der Waals surface area contributed by atoms with Crippen molar-refractivity contribution in [2.24, 2.45) is 5.92 Å². The van der Waals surface area contributed by atoms with E-state index in [1.165, 1.54) is 62.9 Å². The third-order valence-corrected chi connectivity index (χ3v) is 6.87. The lowest BCUT2D eigenvalue weighted by atomic mass is 9.68. The molecule has 144 valence electrons. The molecule has 1 saturated heterocycles. The normalized spacial score (nSPS) is 24.2. The second-order valence-corrected chi connectivity index (χ2v) is 14.3. The van der Waals surface area contributed by atoms with Gasteiger partial charge in [-0.05, 0) is 55.0 Å². The van der Waals surface area contributed by atoms with Gasteiger partial charge in [-0.25, -0.2) is 0 Å². The van der Waals surface area contributed by atoms with E-state index in [4.69, 9.17) is 0 Å². The summed E-state index contributed by atoms with van der Waals surface area (Å²) in [5.74, 6) is 4.13. The van der Waals surface area contributed by atoms with E-state index >= 15 is 0 Å². The summed E-state index contributed by atoms with van der Waals surface area (Å²) in [7, 11) is -1.33. The van der Waals surface area contributed by atoms with E-state index < -0.39 is 8.07 Å². The summed E-state index contributed by atoms with van der Waals surface area (Å²) in [5, 5.41) is 0. The molecule has 0 radical (unpaired) electrons. The molecule has 1 fully saturated rings. The summed E-state index contributed by atoms with van der Waals surface area (Å²) in [5.41, 5.74) is 6.47. The first-order valence-electron chi connectivity index (χ1n) is 10.6. The van der Waals surface area contributed by atoms with Crippen LogP contribution in [0.4, 0.5) is 0 Å². The number of benzene rings is 1. The second kappa shape index (κ2) is 9.24. The molecule has 0 bridgehead atoms. The molecule has 0 aliphatic carbocycles. The number of unbranched alkanes of at least 4 members (excludes halogenated alkanes) is 3. The van der Waals surface area contributed by atoms with Crippen LogP contribution in [-0.4, -0.2) is 32.6 Å². The van der Waals surface area contributed by atoms with Crippen molar-refractivity contribution < 1.29 is 0 Å². The second-order valence-electron chi connectivity index (χ2n) is 9.51. The molecule has 0 saturated carbocycles. The predicted octanol–water partition coefficient (Wildman–Crippen LogP) is 6.10. The highest BCUT2D eigenvalue weighted by atomic mass is 28.3. The Morgan fingerprint density at radius 3 is 2.62 bits per heavy atom. The minimum absolute atomic E-state index is 0.275. The van der Waals surface area contributed by atoms with Crippen LogP contribution in [-0.2, 0) is 5.41 Å². The Kier molecular flexibility index (Phi) is 7.56. The molecule has 1 aliphatic heterocycles. The molecule has 1 aliphatic rings. The van der Waals surface area contributed by atoms with E-state index in [1.54, 1.807) is 0 Å². The Hall–Kier alpha value is -1.04. The van der Waals surface area contributed by atoms with Gasteiger partial charge in [-0.1, -0.05) is 77.7 Å². The topological polar surface area (TPSA) is 3.24 Å². The van der Waals surface area contributed by atoms with Crippen LogP contribution in [0.1, 0.15) is 64.0 Å². The van der Waals surface area contributed by atoms with Gasteiger partial charge < -0.3 is 4.90 Å². The Labute approximate surface area is 163 Å². The molecule has 1 aromatic carbocycles. The van der Waals surface area contributed by atoms with Crippen molar-refractivity contribution >= 4 is 8.07 Å². The van der Waals surface area contributed by atoms with E-state index in [0.29, 0.717) is 5.92 Å². The van der Waals surface area contributed by atoms with Gasteiger partial charge in [0.2, 0.25) is 0 Å². The zero-order chi connectivity index (χ0) is 19.2. The summed E-state index contributed by atoms with van der Waals surface area (Å²) >= 11 is 0. The lowest BCUT2D eigenvalue weighted by Gasteiger charge is -2.45. The van der Waals surface area contributed by atoms with Crippen molar-refractivity contribution in [3.63, 3.8) is 0 Å². The van der Waals surface area contributed by atoms with E-state index in [-0.39, 0.29) is 5.41 Å². The van der Waals surface area contributed by atoms with Crippen LogP contribution in [0, 0.1) is 17.4 Å². The molecular formula is C24H39NSi. The quantitative estimate of drug-likeness (QED) is 0.333. The summed E-state index contributed by atoms with van der Waals surface area (Å²) in [6.07, 6.45) is 6.71. The van der Waals surface area contributed by atoms with Crippen LogP contribution in [0.25, 0.3) is 0 Å². The zero-order valence-electron chi connectivity index (χ0n) is 18.0. The van der Waals surface area contributed by atoms with E-state index in [9.17, 15) is 0 Å². The van der Waals surface area contributed by atoms with Crippen molar-refractivity contribution in [2.75, 3.05) is 19.6 Å². The highest BCUT2D eigenvalue weighted by molar-refractivity contribution is 6.83. The third-order valence-electron chi connectivity index (χ3n) is 6.00. The van der Waals surface area contributed by atoms with E-state index in [0.717, 1.165) is 0 Å². The average molecular weight is 370 g/mol. The molecule has 1 aromatic rings. The highest BCUT2D eigenvalue weighted by Crippen LogP contribution is 2.39. The van der Waals surface area contributed by atoms with Crippen molar-refractivity contribution in [1.82, 2.24) is 4.90 Å². The monoisotopic (exact) mass is 369 g/mol. The van der Waals surface area contributed by atoms with Gasteiger partial charge in [0.15, 0.2) is 0 Å². The van der Waals surface area contributed by atoms with Crippen LogP contribution < -0.4 is 0 Å². The van der Waals surface area contributed by atoms with Crippen LogP contribution in [0.2, 0.25) is 19.6 Å². The first-order valence-corrected chi connectivity index (χ1v) is 14.1. The van der Waals surface area contributed by atoms with Gasteiger partial charge in [0.05, 0.1) is 0 Å². The molecule has 2 rings (SSSR count). The minimum Gasteiger partial charge on any atom is -0.303 e. The van der Waals surface area contributed by atoms with Gasteiger partial charge in [0.1, 0.15) is 8.07 Å². The number of hydrogen-bond donors (Lipinski definition) is 0. The number of likely N-dealkylation sites (tertiary alicyclic amines) is 1.